The summed E-state index contributed by atoms with van der Waals surface area (Å²) < 4.78 is 26.8. The van der Waals surface area contributed by atoms with Gasteiger partial charge >= 0.3 is 5.97 Å². The van der Waals surface area contributed by atoms with Crippen LogP contribution in [0.4, 0.5) is 5.69 Å². The number of carboxylic acids is 1. The summed E-state index contributed by atoms with van der Waals surface area (Å²) >= 11 is 6.08. The largest absolute Gasteiger partial charge is 0.480 e. The number of anilines is 1. The van der Waals surface area contributed by atoms with Gasteiger partial charge in [0.2, 0.25) is 0 Å². The highest BCUT2D eigenvalue weighted by atomic mass is 35.5. The first kappa shape index (κ1) is 19.2. The van der Waals surface area contributed by atoms with Gasteiger partial charge in [-0.1, -0.05) is 29.8 Å². The number of hydrogen-bond acceptors (Lipinski definition) is 5. The normalized spacial score (nSPS) is 11.3. The number of halogens is 1. The Hall–Kier alpha value is -2.13. The average Bonchev–Trinajstić information content (AvgIpc) is 2.59. The maximum atomic E-state index is 13.0. The van der Waals surface area contributed by atoms with E-state index in [0.717, 1.165) is 9.87 Å². The Bertz CT molecular complexity index is 869. The molecule has 134 valence electrons. The van der Waals surface area contributed by atoms with Crippen LogP contribution in [0.1, 0.15) is 11.1 Å². The van der Waals surface area contributed by atoms with Crippen LogP contribution in [-0.4, -0.2) is 26.0 Å². The summed E-state index contributed by atoms with van der Waals surface area (Å²) in [5.74, 6) is -1.30. The van der Waals surface area contributed by atoms with Crippen molar-refractivity contribution < 1.29 is 18.3 Å². The SMILES string of the molecule is NCc1ccc(S(=O)(=O)N(CC(=O)O)c2cccc(Cl)c2CN)cc1. The summed E-state index contributed by atoms with van der Waals surface area (Å²) in [7, 11) is -4.13. The predicted molar refractivity (Wildman–Crippen MR) is 95.8 cm³/mol. The van der Waals surface area contributed by atoms with Crippen LogP contribution in [0, 0.1) is 0 Å². The molecule has 0 aliphatic carbocycles. The van der Waals surface area contributed by atoms with Gasteiger partial charge in [0, 0.05) is 23.7 Å². The lowest BCUT2D eigenvalue weighted by atomic mass is 10.2. The van der Waals surface area contributed by atoms with E-state index in [0.29, 0.717) is 5.56 Å². The van der Waals surface area contributed by atoms with Crippen molar-refractivity contribution >= 4 is 33.3 Å². The third kappa shape index (κ3) is 4.10. The molecule has 0 aliphatic heterocycles. The van der Waals surface area contributed by atoms with Gasteiger partial charge in [-0.15, -0.1) is 0 Å². The number of carboxylic acid groups (broad SMARTS) is 1. The molecule has 0 aromatic heterocycles. The third-order valence-electron chi connectivity index (χ3n) is 3.59. The van der Waals surface area contributed by atoms with Crippen molar-refractivity contribution in [1.82, 2.24) is 0 Å². The standard InChI is InChI=1S/C16H18ClN3O4S/c17-14-2-1-3-15(13(14)9-19)20(10-16(21)22)25(23,24)12-6-4-11(8-18)5-7-12/h1-7H,8-10,18-19H2,(H,21,22). The number of carbonyl (C=O) groups is 1. The molecule has 0 radical (unpaired) electrons. The van der Waals surface area contributed by atoms with E-state index in [4.69, 9.17) is 23.1 Å². The van der Waals surface area contributed by atoms with Gasteiger partial charge in [0.1, 0.15) is 6.54 Å². The summed E-state index contributed by atoms with van der Waals surface area (Å²) in [4.78, 5) is 11.2. The second-order valence-electron chi connectivity index (χ2n) is 5.20. The first-order valence-corrected chi connectivity index (χ1v) is 9.14. The van der Waals surface area contributed by atoms with Crippen molar-refractivity contribution in [2.24, 2.45) is 11.5 Å². The highest BCUT2D eigenvalue weighted by molar-refractivity contribution is 7.92. The first-order chi connectivity index (χ1) is 11.8. The first-order valence-electron chi connectivity index (χ1n) is 7.32. The van der Waals surface area contributed by atoms with Gasteiger partial charge in [0.05, 0.1) is 10.6 Å². The molecule has 0 fully saturated rings. The zero-order valence-corrected chi connectivity index (χ0v) is 14.8. The summed E-state index contributed by atoms with van der Waals surface area (Å²) in [6, 6.07) is 10.5. The highest BCUT2D eigenvalue weighted by Crippen LogP contribution is 2.31. The zero-order valence-electron chi connectivity index (χ0n) is 13.2. The number of hydrogen-bond donors (Lipinski definition) is 3. The fraction of sp³-hybridized carbons (Fsp3) is 0.188. The molecule has 9 heteroatoms. The van der Waals surface area contributed by atoms with Gasteiger partial charge in [-0.3, -0.25) is 9.10 Å². The Kier molecular flexibility index (Phi) is 6.02. The summed E-state index contributed by atoms with van der Waals surface area (Å²) in [5, 5.41) is 9.45. The van der Waals surface area contributed by atoms with Gasteiger partial charge in [0.15, 0.2) is 0 Å². The Morgan fingerprint density at radius 1 is 1.08 bits per heavy atom. The van der Waals surface area contributed by atoms with Crippen LogP contribution < -0.4 is 15.8 Å². The Labute approximate surface area is 150 Å². The predicted octanol–water partition coefficient (Wildman–Crippen LogP) is 1.54. The van der Waals surface area contributed by atoms with E-state index in [9.17, 15) is 18.3 Å². The molecule has 2 aromatic carbocycles. The second kappa shape index (κ2) is 7.83. The smallest absolute Gasteiger partial charge is 0.324 e. The molecule has 0 amide bonds. The van der Waals surface area contributed by atoms with Crippen LogP contribution in [0.25, 0.3) is 0 Å². The minimum absolute atomic E-state index is 0.0350. The fourth-order valence-corrected chi connectivity index (χ4v) is 4.02. The van der Waals surface area contributed by atoms with Gasteiger partial charge in [-0.25, -0.2) is 8.42 Å². The maximum Gasteiger partial charge on any atom is 0.324 e. The molecule has 0 saturated carbocycles. The molecule has 5 N–H and O–H groups in total. The van der Waals surface area contributed by atoms with E-state index in [1.807, 2.05) is 0 Å². The topological polar surface area (TPSA) is 127 Å². The van der Waals surface area contributed by atoms with Crippen LogP contribution >= 0.6 is 11.6 Å². The van der Waals surface area contributed by atoms with Crippen LogP contribution in [0.2, 0.25) is 5.02 Å². The van der Waals surface area contributed by atoms with Gasteiger partial charge in [0.25, 0.3) is 10.0 Å². The fourth-order valence-electron chi connectivity index (χ4n) is 2.33. The van der Waals surface area contributed by atoms with Crippen molar-refractivity contribution in [3.63, 3.8) is 0 Å². The number of rotatable bonds is 7. The van der Waals surface area contributed by atoms with Crippen molar-refractivity contribution in [1.29, 1.82) is 0 Å². The zero-order chi connectivity index (χ0) is 18.6. The minimum Gasteiger partial charge on any atom is -0.480 e. The van der Waals surface area contributed by atoms with Gasteiger partial charge in [-0.05, 0) is 29.8 Å². The number of nitrogens with zero attached hydrogens (tertiary/aromatic N) is 1. The molecule has 7 nitrogen and oxygen atoms in total. The third-order valence-corrected chi connectivity index (χ3v) is 5.72. The summed E-state index contributed by atoms with van der Waals surface area (Å²) in [6.07, 6.45) is 0. The van der Waals surface area contributed by atoms with E-state index >= 15 is 0 Å². The van der Waals surface area contributed by atoms with Crippen LogP contribution in [0.3, 0.4) is 0 Å². The molecule has 25 heavy (non-hydrogen) atoms. The number of benzene rings is 2. The molecular formula is C16H18ClN3O4S. The van der Waals surface area contributed by atoms with Crippen molar-refractivity contribution in [2.45, 2.75) is 18.0 Å². The van der Waals surface area contributed by atoms with Crippen molar-refractivity contribution in [3.8, 4) is 0 Å². The van der Waals surface area contributed by atoms with E-state index in [1.165, 1.54) is 18.2 Å². The molecular weight excluding hydrogens is 366 g/mol. The van der Waals surface area contributed by atoms with Crippen LogP contribution in [0.15, 0.2) is 47.4 Å². The molecule has 0 saturated heterocycles. The number of nitrogens with two attached hydrogens (primary N) is 2. The minimum atomic E-state index is -4.13. The van der Waals surface area contributed by atoms with Crippen molar-refractivity contribution in [3.05, 3.63) is 58.6 Å². The number of aliphatic carboxylic acids is 1. The molecule has 0 unspecified atom stereocenters. The number of sulfonamides is 1. The van der Waals surface area contributed by atoms with E-state index in [-0.39, 0.29) is 28.7 Å². The molecule has 0 atom stereocenters. The summed E-state index contributed by atoms with van der Waals surface area (Å²) in [5.41, 5.74) is 12.4. The van der Waals surface area contributed by atoms with Crippen LogP contribution in [0.5, 0.6) is 0 Å². The molecule has 0 spiro atoms. The molecule has 2 rings (SSSR count). The van der Waals surface area contributed by atoms with Gasteiger partial charge in [-0.2, -0.15) is 0 Å². The quantitative estimate of drug-likeness (QED) is 0.665. The molecule has 0 heterocycles. The molecule has 2 aromatic rings. The lowest BCUT2D eigenvalue weighted by molar-refractivity contribution is -0.135. The summed E-state index contributed by atoms with van der Waals surface area (Å²) in [6.45, 7) is -0.522. The second-order valence-corrected chi connectivity index (χ2v) is 7.46. The lowest BCUT2D eigenvalue weighted by Gasteiger charge is -2.25. The Balaban J connectivity index is 2.60. The average molecular weight is 384 g/mol. The lowest BCUT2D eigenvalue weighted by Crippen LogP contribution is -2.36. The Morgan fingerprint density at radius 2 is 1.72 bits per heavy atom. The van der Waals surface area contributed by atoms with E-state index in [1.54, 1.807) is 24.3 Å². The van der Waals surface area contributed by atoms with Crippen molar-refractivity contribution in [2.75, 3.05) is 10.8 Å². The molecule has 0 aliphatic rings. The molecule has 0 bridgehead atoms. The highest BCUT2D eigenvalue weighted by Gasteiger charge is 2.29. The van der Waals surface area contributed by atoms with E-state index < -0.39 is 22.5 Å². The maximum absolute atomic E-state index is 13.0. The Morgan fingerprint density at radius 3 is 2.24 bits per heavy atom. The van der Waals surface area contributed by atoms with E-state index in [2.05, 4.69) is 0 Å². The van der Waals surface area contributed by atoms with Crippen LogP contribution in [-0.2, 0) is 27.9 Å². The van der Waals surface area contributed by atoms with Gasteiger partial charge < -0.3 is 16.6 Å². The monoisotopic (exact) mass is 383 g/mol.